The first-order valence-corrected chi connectivity index (χ1v) is 8.52. The molecular weight excluding hydrogens is 340 g/mol. The first-order valence-electron chi connectivity index (χ1n) is 8.52. The molecule has 0 bridgehead atoms. The number of benzene rings is 1. The van der Waals surface area contributed by atoms with Gasteiger partial charge in [-0.05, 0) is 31.5 Å². The monoisotopic (exact) mass is 364 g/mol. The average molecular weight is 365 g/mol. The van der Waals surface area contributed by atoms with Crippen molar-refractivity contribution in [2.45, 2.75) is 39.3 Å². The molecule has 1 atom stereocenters. The second-order valence-electron chi connectivity index (χ2n) is 6.24. The van der Waals surface area contributed by atoms with Gasteiger partial charge in [-0.1, -0.05) is 36.8 Å². The second kappa shape index (κ2) is 8.92. The maximum atomic E-state index is 12.6. The molecule has 0 radical (unpaired) electrons. The number of nitrogens with zero attached hydrogens (tertiary/aromatic N) is 5. The Morgan fingerprint density at radius 3 is 2.76 bits per heavy atom. The summed E-state index contributed by atoms with van der Waals surface area (Å²) >= 11 is 0. The number of hydrogen-bond acceptors (Lipinski definition) is 5. The Morgan fingerprint density at radius 1 is 1.36 bits per heavy atom. The molecule has 1 aliphatic rings. The van der Waals surface area contributed by atoms with E-state index in [0.29, 0.717) is 5.82 Å². The van der Waals surface area contributed by atoms with Crippen LogP contribution in [0.5, 0.6) is 0 Å². The lowest BCUT2D eigenvalue weighted by molar-refractivity contribution is -0.134. The molecule has 1 fully saturated rings. The summed E-state index contributed by atoms with van der Waals surface area (Å²) in [5, 5.41) is 15.8. The van der Waals surface area contributed by atoms with Crippen molar-refractivity contribution in [2.75, 3.05) is 19.6 Å². The third-order valence-corrected chi connectivity index (χ3v) is 4.30. The van der Waals surface area contributed by atoms with Gasteiger partial charge in [0.2, 0.25) is 11.7 Å². The van der Waals surface area contributed by atoms with Crippen molar-refractivity contribution in [3.63, 3.8) is 0 Å². The highest BCUT2D eigenvalue weighted by molar-refractivity contribution is 5.85. The molecule has 1 amide bonds. The minimum atomic E-state index is 0. The van der Waals surface area contributed by atoms with E-state index in [0.717, 1.165) is 38.0 Å². The van der Waals surface area contributed by atoms with Crippen LogP contribution >= 0.6 is 12.4 Å². The quantitative estimate of drug-likeness (QED) is 0.843. The third-order valence-electron chi connectivity index (χ3n) is 4.30. The predicted octanol–water partition coefficient (Wildman–Crippen LogP) is 1.67. The number of aromatic nitrogens is 4. The van der Waals surface area contributed by atoms with Gasteiger partial charge in [-0.25, -0.2) is 0 Å². The number of amides is 1. The molecule has 1 N–H and O–H groups in total. The lowest BCUT2D eigenvalue weighted by Gasteiger charge is -2.27. The molecule has 1 aromatic carbocycles. The molecule has 2 aromatic rings. The molecule has 1 aliphatic heterocycles. The van der Waals surface area contributed by atoms with Crippen LogP contribution in [-0.2, 0) is 11.3 Å². The first kappa shape index (κ1) is 19.3. The Bertz CT molecular complexity index is 681. The van der Waals surface area contributed by atoms with E-state index < -0.39 is 0 Å². The fourth-order valence-corrected chi connectivity index (χ4v) is 3.00. The van der Waals surface area contributed by atoms with Crippen LogP contribution in [0, 0.1) is 6.92 Å². The summed E-state index contributed by atoms with van der Waals surface area (Å²) in [5.74, 6) is 0.603. The second-order valence-corrected chi connectivity index (χ2v) is 6.24. The highest BCUT2D eigenvalue weighted by Gasteiger charge is 2.26. The molecule has 2 heterocycles. The van der Waals surface area contributed by atoms with Crippen LogP contribution in [-0.4, -0.2) is 56.7 Å². The Kier molecular flexibility index (Phi) is 6.90. The molecule has 1 saturated heterocycles. The lowest BCUT2D eigenvalue weighted by Crippen LogP contribution is -2.43. The molecule has 0 saturated carbocycles. The van der Waals surface area contributed by atoms with Crippen LogP contribution in [0.3, 0.4) is 0 Å². The standard InChI is InChI=1S/C17H24N6O.ClH/c1-3-10-22(15-8-9-18-11-15)16(24)12-23-20-17(19-21-23)14-6-4-13(2)5-7-14;/h4-7,15,18H,3,8-12H2,1-2H3;1H. The third kappa shape index (κ3) is 4.76. The van der Waals surface area contributed by atoms with Gasteiger partial charge in [0.15, 0.2) is 0 Å². The highest BCUT2D eigenvalue weighted by Crippen LogP contribution is 2.14. The Balaban J connectivity index is 0.00000225. The summed E-state index contributed by atoms with van der Waals surface area (Å²) in [4.78, 5) is 16.0. The van der Waals surface area contributed by atoms with E-state index in [1.807, 2.05) is 36.1 Å². The van der Waals surface area contributed by atoms with Crippen molar-refractivity contribution in [2.24, 2.45) is 0 Å². The number of nitrogens with one attached hydrogen (secondary N) is 1. The normalized spacial score (nSPS) is 16.5. The van der Waals surface area contributed by atoms with Crippen molar-refractivity contribution in [3.8, 4) is 11.4 Å². The SMILES string of the molecule is CCCN(C(=O)Cn1nnc(-c2ccc(C)cc2)n1)C1CCNC1.Cl. The zero-order chi connectivity index (χ0) is 16.9. The van der Waals surface area contributed by atoms with Crippen LogP contribution in [0.15, 0.2) is 24.3 Å². The maximum absolute atomic E-state index is 12.6. The molecule has 1 unspecified atom stereocenters. The van der Waals surface area contributed by atoms with Crippen molar-refractivity contribution in [1.29, 1.82) is 0 Å². The summed E-state index contributed by atoms with van der Waals surface area (Å²) in [5.41, 5.74) is 2.09. The van der Waals surface area contributed by atoms with E-state index in [4.69, 9.17) is 0 Å². The van der Waals surface area contributed by atoms with Crippen LogP contribution in [0.2, 0.25) is 0 Å². The maximum Gasteiger partial charge on any atom is 0.246 e. The smallest absolute Gasteiger partial charge is 0.246 e. The zero-order valence-corrected chi connectivity index (χ0v) is 15.5. The minimum absolute atomic E-state index is 0. The van der Waals surface area contributed by atoms with Gasteiger partial charge in [-0.15, -0.1) is 22.6 Å². The van der Waals surface area contributed by atoms with E-state index in [1.54, 1.807) is 0 Å². The van der Waals surface area contributed by atoms with E-state index in [1.165, 1.54) is 10.4 Å². The first-order chi connectivity index (χ1) is 11.7. The van der Waals surface area contributed by atoms with E-state index in [9.17, 15) is 4.79 Å². The van der Waals surface area contributed by atoms with Gasteiger partial charge in [-0.3, -0.25) is 4.79 Å². The molecule has 0 aliphatic carbocycles. The number of rotatable bonds is 6. The van der Waals surface area contributed by atoms with Crippen LogP contribution in [0.25, 0.3) is 11.4 Å². The van der Waals surface area contributed by atoms with Gasteiger partial charge >= 0.3 is 0 Å². The largest absolute Gasteiger partial charge is 0.337 e. The topological polar surface area (TPSA) is 75.9 Å². The van der Waals surface area contributed by atoms with Gasteiger partial charge < -0.3 is 10.2 Å². The lowest BCUT2D eigenvalue weighted by atomic mass is 10.1. The van der Waals surface area contributed by atoms with Gasteiger partial charge in [0.05, 0.1) is 0 Å². The number of carbonyl (C=O) groups is 1. The Labute approximate surface area is 154 Å². The molecule has 3 rings (SSSR count). The Hall–Kier alpha value is -1.99. The van der Waals surface area contributed by atoms with E-state index in [-0.39, 0.29) is 30.9 Å². The van der Waals surface area contributed by atoms with E-state index in [2.05, 4.69) is 27.7 Å². The van der Waals surface area contributed by atoms with E-state index >= 15 is 0 Å². The van der Waals surface area contributed by atoms with Crippen LogP contribution in [0.1, 0.15) is 25.3 Å². The summed E-state index contributed by atoms with van der Waals surface area (Å²) in [7, 11) is 0. The molecular formula is C17H25ClN6O. The average Bonchev–Trinajstić information content (AvgIpc) is 3.25. The molecule has 136 valence electrons. The Morgan fingerprint density at radius 2 is 2.12 bits per heavy atom. The number of carbonyl (C=O) groups excluding carboxylic acids is 1. The predicted molar refractivity (Wildman–Crippen MR) is 98.5 cm³/mol. The molecule has 0 spiro atoms. The zero-order valence-electron chi connectivity index (χ0n) is 14.7. The number of aryl methyl sites for hydroxylation is 1. The van der Waals surface area contributed by atoms with Crippen molar-refractivity contribution >= 4 is 18.3 Å². The summed E-state index contributed by atoms with van der Waals surface area (Å²) in [6.45, 7) is 6.86. The van der Waals surface area contributed by atoms with Gasteiger partial charge in [-0.2, -0.15) is 4.80 Å². The fourth-order valence-electron chi connectivity index (χ4n) is 3.00. The van der Waals surface area contributed by atoms with Crippen molar-refractivity contribution < 1.29 is 4.79 Å². The summed E-state index contributed by atoms with van der Waals surface area (Å²) in [6.07, 6.45) is 1.95. The summed E-state index contributed by atoms with van der Waals surface area (Å²) < 4.78 is 0. The van der Waals surface area contributed by atoms with Crippen LogP contribution in [0.4, 0.5) is 0 Å². The minimum Gasteiger partial charge on any atom is -0.337 e. The molecule has 25 heavy (non-hydrogen) atoms. The van der Waals surface area contributed by atoms with Crippen molar-refractivity contribution in [1.82, 2.24) is 30.4 Å². The van der Waals surface area contributed by atoms with Gasteiger partial charge in [0.25, 0.3) is 0 Å². The number of tetrazole rings is 1. The van der Waals surface area contributed by atoms with Gasteiger partial charge in [0, 0.05) is 24.7 Å². The van der Waals surface area contributed by atoms with Crippen LogP contribution < -0.4 is 5.32 Å². The van der Waals surface area contributed by atoms with Gasteiger partial charge in [0.1, 0.15) is 6.54 Å². The highest BCUT2D eigenvalue weighted by atomic mass is 35.5. The summed E-state index contributed by atoms with van der Waals surface area (Å²) in [6, 6.07) is 8.23. The molecule has 1 aromatic heterocycles. The van der Waals surface area contributed by atoms with Crippen molar-refractivity contribution in [3.05, 3.63) is 29.8 Å². The fraction of sp³-hybridized carbons (Fsp3) is 0.529. The molecule has 7 nitrogen and oxygen atoms in total. The molecule has 8 heteroatoms. The number of halogens is 1. The number of hydrogen-bond donors (Lipinski definition) is 1.